The molecule has 0 saturated heterocycles. The molecule has 3 aromatic heterocycles. The Morgan fingerprint density at radius 2 is 1.89 bits per heavy atom. The zero-order valence-electron chi connectivity index (χ0n) is 19.7. The van der Waals surface area contributed by atoms with Gasteiger partial charge in [0.25, 0.3) is 0 Å². The number of benzene rings is 1. The van der Waals surface area contributed by atoms with Crippen molar-refractivity contribution in [2.75, 3.05) is 14.2 Å². The Morgan fingerprint density at radius 3 is 2.50 bits per heavy atom. The van der Waals surface area contributed by atoms with Gasteiger partial charge in [-0.1, -0.05) is 6.07 Å². The summed E-state index contributed by atoms with van der Waals surface area (Å²) in [6.45, 7) is 1.50. The topological polar surface area (TPSA) is 133 Å². The van der Waals surface area contributed by atoms with Crippen molar-refractivity contribution >= 4 is 9.84 Å². The van der Waals surface area contributed by atoms with E-state index in [0.717, 1.165) is 12.3 Å². The third-order valence-electron chi connectivity index (χ3n) is 5.58. The van der Waals surface area contributed by atoms with Gasteiger partial charge in [-0.2, -0.15) is 5.26 Å². The number of pyridine rings is 1. The minimum atomic E-state index is -3.85. The van der Waals surface area contributed by atoms with Crippen LogP contribution in [0.4, 0.5) is 4.39 Å². The first kappa shape index (κ1) is 24.9. The average molecular weight is 512 g/mol. The van der Waals surface area contributed by atoms with Gasteiger partial charge in [-0.3, -0.25) is 9.55 Å². The van der Waals surface area contributed by atoms with Gasteiger partial charge in [0.15, 0.2) is 21.4 Å². The maximum Gasteiger partial charge on any atom is 0.204 e. The largest absolute Gasteiger partial charge is 0.494 e. The van der Waals surface area contributed by atoms with Crippen LogP contribution in [0.3, 0.4) is 0 Å². The Kier molecular flexibility index (Phi) is 7.03. The normalized spacial score (nSPS) is 12.2. The Labute approximate surface area is 206 Å². The Bertz CT molecular complexity index is 1500. The summed E-state index contributed by atoms with van der Waals surface area (Å²) in [5.74, 6) is 0.366. The third kappa shape index (κ3) is 4.78. The van der Waals surface area contributed by atoms with Crippen LogP contribution >= 0.6 is 0 Å². The highest BCUT2D eigenvalue weighted by Gasteiger charge is 2.30. The lowest BCUT2D eigenvalue weighted by Gasteiger charge is -2.18. The molecular formula is C24H22FN5O5S. The SMILES string of the molecule is COc1cccc(OC)c1-n1c(CS(=O)(=O)[C@@H](C)Cc2ncc(F)cc2C#N)nnc1-c1ccco1. The lowest BCUT2D eigenvalue weighted by Crippen LogP contribution is -2.24. The van der Waals surface area contributed by atoms with Gasteiger partial charge in [0, 0.05) is 6.42 Å². The monoisotopic (exact) mass is 511 g/mol. The number of hydrogen-bond donors (Lipinski definition) is 0. The molecule has 0 amide bonds. The Balaban J connectivity index is 1.77. The molecule has 0 fully saturated rings. The Morgan fingerprint density at radius 1 is 1.17 bits per heavy atom. The van der Waals surface area contributed by atoms with Gasteiger partial charge >= 0.3 is 0 Å². The molecule has 0 N–H and O–H groups in total. The van der Waals surface area contributed by atoms with Crippen LogP contribution < -0.4 is 9.47 Å². The molecule has 0 bridgehead atoms. The predicted molar refractivity (Wildman–Crippen MR) is 127 cm³/mol. The number of nitriles is 1. The summed E-state index contributed by atoms with van der Waals surface area (Å²) in [4.78, 5) is 3.92. The summed E-state index contributed by atoms with van der Waals surface area (Å²) in [5.41, 5.74) is 0.585. The molecule has 4 rings (SSSR count). The van der Waals surface area contributed by atoms with E-state index in [0.29, 0.717) is 22.9 Å². The van der Waals surface area contributed by atoms with E-state index in [1.165, 1.54) is 32.0 Å². The minimum absolute atomic E-state index is 0.0147. The van der Waals surface area contributed by atoms with E-state index < -0.39 is 26.7 Å². The zero-order chi connectivity index (χ0) is 25.9. The molecule has 3 heterocycles. The quantitative estimate of drug-likeness (QED) is 0.331. The highest BCUT2D eigenvalue weighted by atomic mass is 32.2. The van der Waals surface area contributed by atoms with Crippen molar-refractivity contribution in [3.8, 4) is 34.8 Å². The maximum absolute atomic E-state index is 13.5. The van der Waals surface area contributed by atoms with Crippen LogP contribution in [0.2, 0.25) is 0 Å². The van der Waals surface area contributed by atoms with Crippen LogP contribution in [0.1, 0.15) is 24.0 Å². The average Bonchev–Trinajstić information content (AvgIpc) is 3.54. The van der Waals surface area contributed by atoms with Crippen LogP contribution in [0.25, 0.3) is 17.3 Å². The summed E-state index contributed by atoms with van der Waals surface area (Å²) in [5, 5.41) is 16.7. The minimum Gasteiger partial charge on any atom is -0.494 e. The third-order valence-corrected chi connectivity index (χ3v) is 7.63. The van der Waals surface area contributed by atoms with E-state index in [2.05, 4.69) is 15.2 Å². The first-order chi connectivity index (χ1) is 17.3. The van der Waals surface area contributed by atoms with Gasteiger partial charge in [-0.25, -0.2) is 12.8 Å². The molecule has 1 atom stereocenters. The number of hydrogen-bond acceptors (Lipinski definition) is 9. The Hall–Kier alpha value is -4.24. The molecule has 4 aromatic rings. The van der Waals surface area contributed by atoms with Crippen molar-refractivity contribution in [1.29, 1.82) is 5.26 Å². The molecule has 0 spiro atoms. The van der Waals surface area contributed by atoms with E-state index in [-0.39, 0.29) is 29.3 Å². The second-order valence-electron chi connectivity index (χ2n) is 7.85. The van der Waals surface area contributed by atoms with Crippen LogP contribution in [-0.2, 0) is 22.0 Å². The second-order valence-corrected chi connectivity index (χ2v) is 10.3. The molecule has 12 heteroatoms. The number of furan rings is 1. The van der Waals surface area contributed by atoms with E-state index in [1.807, 2.05) is 6.07 Å². The molecule has 0 unspecified atom stereocenters. The fourth-order valence-corrected chi connectivity index (χ4v) is 4.95. The van der Waals surface area contributed by atoms with Gasteiger partial charge in [-0.05, 0) is 37.3 Å². The van der Waals surface area contributed by atoms with Crippen LogP contribution in [0.15, 0.2) is 53.3 Å². The van der Waals surface area contributed by atoms with Gasteiger partial charge in [-0.15, -0.1) is 10.2 Å². The molecule has 0 saturated carbocycles. The molecule has 0 radical (unpaired) electrons. The highest BCUT2D eigenvalue weighted by molar-refractivity contribution is 7.91. The predicted octanol–water partition coefficient (Wildman–Crippen LogP) is 3.50. The number of rotatable bonds is 9. The smallest absolute Gasteiger partial charge is 0.204 e. The number of nitrogens with zero attached hydrogens (tertiary/aromatic N) is 5. The van der Waals surface area contributed by atoms with Gasteiger partial charge < -0.3 is 13.9 Å². The summed E-state index contributed by atoms with van der Waals surface area (Å²) in [6, 6.07) is 11.4. The van der Waals surface area contributed by atoms with Crippen molar-refractivity contribution in [1.82, 2.24) is 19.7 Å². The molecule has 0 aliphatic heterocycles. The fourth-order valence-electron chi connectivity index (χ4n) is 3.71. The van der Waals surface area contributed by atoms with E-state index in [1.54, 1.807) is 30.3 Å². The van der Waals surface area contributed by atoms with Crippen LogP contribution in [-0.4, -0.2) is 47.6 Å². The lowest BCUT2D eigenvalue weighted by molar-refractivity contribution is 0.390. The van der Waals surface area contributed by atoms with Crippen LogP contribution in [0.5, 0.6) is 11.5 Å². The van der Waals surface area contributed by atoms with Crippen molar-refractivity contribution in [3.63, 3.8) is 0 Å². The summed E-state index contributed by atoms with van der Waals surface area (Å²) in [6.07, 6.45) is 2.34. The number of ether oxygens (including phenoxy) is 2. The molecule has 186 valence electrons. The standard InChI is InChI=1S/C24H22FN5O5S/c1-15(10-18-16(12-26)11-17(25)13-27-18)36(31,32)14-22-28-29-24(21-8-5-9-35-21)30(22)23-19(33-2)6-4-7-20(23)34-3/h4-9,11,13,15H,10,14H2,1-3H3/t15-/m0/s1. The number of sulfone groups is 1. The number of halogens is 1. The van der Waals surface area contributed by atoms with Crippen molar-refractivity contribution in [2.45, 2.75) is 24.3 Å². The van der Waals surface area contributed by atoms with Crippen molar-refractivity contribution < 1.29 is 26.7 Å². The number of para-hydroxylation sites is 1. The van der Waals surface area contributed by atoms with E-state index in [9.17, 15) is 18.1 Å². The van der Waals surface area contributed by atoms with Gasteiger partial charge in [0.1, 0.15) is 34.8 Å². The molecule has 36 heavy (non-hydrogen) atoms. The first-order valence-electron chi connectivity index (χ1n) is 10.7. The number of aromatic nitrogens is 4. The van der Waals surface area contributed by atoms with Gasteiger partial charge in [0.2, 0.25) is 5.82 Å². The molecule has 10 nitrogen and oxygen atoms in total. The molecule has 0 aliphatic rings. The lowest BCUT2D eigenvalue weighted by atomic mass is 10.1. The van der Waals surface area contributed by atoms with Gasteiger partial charge in [0.05, 0.1) is 43.2 Å². The van der Waals surface area contributed by atoms with E-state index in [4.69, 9.17) is 13.9 Å². The first-order valence-corrected chi connectivity index (χ1v) is 12.5. The molecule has 1 aromatic carbocycles. The summed E-state index contributed by atoms with van der Waals surface area (Å²) < 4.78 is 58.4. The van der Waals surface area contributed by atoms with E-state index >= 15 is 0 Å². The fraction of sp³-hybridized carbons (Fsp3) is 0.250. The summed E-state index contributed by atoms with van der Waals surface area (Å²) in [7, 11) is -0.886. The maximum atomic E-state index is 13.5. The highest BCUT2D eigenvalue weighted by Crippen LogP contribution is 2.36. The number of methoxy groups -OCH3 is 2. The zero-order valence-corrected chi connectivity index (χ0v) is 20.5. The van der Waals surface area contributed by atoms with Crippen LogP contribution in [0, 0.1) is 17.1 Å². The summed E-state index contributed by atoms with van der Waals surface area (Å²) >= 11 is 0. The van der Waals surface area contributed by atoms with Crippen molar-refractivity contribution in [3.05, 3.63) is 71.8 Å². The second kappa shape index (κ2) is 10.2. The van der Waals surface area contributed by atoms with Crippen molar-refractivity contribution in [2.24, 2.45) is 0 Å². The molecular weight excluding hydrogens is 489 g/mol. The molecule has 0 aliphatic carbocycles.